The van der Waals surface area contributed by atoms with Gasteiger partial charge in [-0.3, -0.25) is 0 Å². The SMILES string of the molecule is C/C=c1\c(=C/C)n(-c2cccc(B(O)O)c2)c2ccccc12.CC. The number of rotatable bonds is 2. The van der Waals surface area contributed by atoms with Gasteiger partial charge in [0.2, 0.25) is 0 Å². The average molecular weight is 321 g/mol. The van der Waals surface area contributed by atoms with E-state index in [1.807, 2.05) is 58.0 Å². The summed E-state index contributed by atoms with van der Waals surface area (Å²) < 4.78 is 2.15. The summed E-state index contributed by atoms with van der Waals surface area (Å²) in [5, 5.41) is 22.3. The molecule has 124 valence electrons. The summed E-state index contributed by atoms with van der Waals surface area (Å²) in [5.74, 6) is 0. The van der Waals surface area contributed by atoms with Crippen LogP contribution in [0, 0.1) is 0 Å². The molecule has 0 spiro atoms. The Morgan fingerprint density at radius 3 is 2.25 bits per heavy atom. The third-order valence-corrected chi connectivity index (χ3v) is 3.94. The van der Waals surface area contributed by atoms with Crippen molar-refractivity contribution in [3.63, 3.8) is 0 Å². The predicted octanol–water partition coefficient (Wildman–Crippen LogP) is 1.94. The molecule has 2 N–H and O–H groups in total. The second-order valence-corrected chi connectivity index (χ2v) is 5.20. The van der Waals surface area contributed by atoms with Crippen molar-refractivity contribution in [1.82, 2.24) is 4.57 Å². The maximum atomic E-state index is 9.42. The quantitative estimate of drug-likeness (QED) is 0.709. The molecule has 1 heterocycles. The number of para-hydroxylation sites is 1. The van der Waals surface area contributed by atoms with Gasteiger partial charge >= 0.3 is 7.12 Å². The molecule has 4 heteroatoms. The standard InChI is InChI=1S/C18H18BNO2.C2H6/c1-3-15-16-10-5-6-11-18(16)20(17(15)4-2)14-9-7-8-13(12-14)19(21)22;1-2/h3-12,21-22H,1-2H3;1-2H3/b15-3-,17-4+;. The molecule has 0 amide bonds. The molecule has 0 saturated heterocycles. The van der Waals surface area contributed by atoms with E-state index in [4.69, 9.17) is 0 Å². The van der Waals surface area contributed by atoms with Crippen LogP contribution in [-0.4, -0.2) is 21.7 Å². The van der Waals surface area contributed by atoms with Gasteiger partial charge in [-0.15, -0.1) is 0 Å². The Balaban J connectivity index is 0.00000100. The predicted molar refractivity (Wildman–Crippen MR) is 104 cm³/mol. The number of hydrogen-bond donors (Lipinski definition) is 2. The lowest BCUT2D eigenvalue weighted by molar-refractivity contribution is 0.426. The number of aromatic nitrogens is 1. The average Bonchev–Trinajstić information content (AvgIpc) is 2.96. The van der Waals surface area contributed by atoms with Crippen LogP contribution in [0.15, 0.2) is 48.5 Å². The van der Waals surface area contributed by atoms with E-state index >= 15 is 0 Å². The summed E-state index contributed by atoms with van der Waals surface area (Å²) in [7, 11) is -1.46. The minimum absolute atomic E-state index is 0.486. The van der Waals surface area contributed by atoms with Crippen molar-refractivity contribution in [2.24, 2.45) is 0 Å². The topological polar surface area (TPSA) is 45.4 Å². The molecule has 0 saturated carbocycles. The fourth-order valence-corrected chi connectivity index (χ4v) is 2.98. The highest BCUT2D eigenvalue weighted by Crippen LogP contribution is 2.14. The molecule has 0 fully saturated rings. The van der Waals surface area contributed by atoms with E-state index in [2.05, 4.69) is 28.9 Å². The second kappa shape index (κ2) is 8.00. The Hall–Kier alpha value is -2.30. The van der Waals surface area contributed by atoms with Crippen LogP contribution in [0.25, 0.3) is 28.7 Å². The van der Waals surface area contributed by atoms with E-state index in [0.717, 1.165) is 16.6 Å². The first-order valence-corrected chi connectivity index (χ1v) is 8.36. The van der Waals surface area contributed by atoms with E-state index in [0.29, 0.717) is 5.46 Å². The van der Waals surface area contributed by atoms with Gasteiger partial charge in [0, 0.05) is 21.6 Å². The number of fused-ring (bicyclic) bond motifs is 1. The summed E-state index contributed by atoms with van der Waals surface area (Å²) in [5.41, 5.74) is 2.51. The first-order valence-electron chi connectivity index (χ1n) is 8.36. The largest absolute Gasteiger partial charge is 0.488 e. The van der Waals surface area contributed by atoms with Gasteiger partial charge in [0.1, 0.15) is 0 Å². The Labute approximate surface area is 143 Å². The molecule has 0 radical (unpaired) electrons. The summed E-state index contributed by atoms with van der Waals surface area (Å²) in [6.45, 7) is 8.05. The van der Waals surface area contributed by atoms with Gasteiger partial charge in [-0.2, -0.15) is 0 Å². The van der Waals surface area contributed by atoms with Crippen LogP contribution >= 0.6 is 0 Å². The first kappa shape index (κ1) is 18.0. The van der Waals surface area contributed by atoms with Gasteiger partial charge in [0.15, 0.2) is 0 Å². The number of hydrogen-bond acceptors (Lipinski definition) is 2. The molecule has 24 heavy (non-hydrogen) atoms. The summed E-state index contributed by atoms with van der Waals surface area (Å²) >= 11 is 0. The zero-order chi connectivity index (χ0) is 17.7. The molecule has 2 aromatic carbocycles. The highest BCUT2D eigenvalue weighted by atomic mass is 16.4. The molecule has 3 rings (SSSR count). The van der Waals surface area contributed by atoms with Crippen LogP contribution in [0.4, 0.5) is 0 Å². The Bertz CT molecular complexity index is 942. The van der Waals surface area contributed by atoms with Crippen LogP contribution in [0.2, 0.25) is 0 Å². The van der Waals surface area contributed by atoms with Crippen LogP contribution in [-0.2, 0) is 0 Å². The summed E-state index contributed by atoms with van der Waals surface area (Å²) in [4.78, 5) is 0. The Kier molecular flexibility index (Phi) is 6.01. The van der Waals surface area contributed by atoms with Gasteiger partial charge in [-0.25, -0.2) is 0 Å². The highest BCUT2D eigenvalue weighted by Gasteiger charge is 2.13. The third-order valence-electron chi connectivity index (χ3n) is 3.94. The van der Waals surface area contributed by atoms with Crippen molar-refractivity contribution in [2.75, 3.05) is 0 Å². The van der Waals surface area contributed by atoms with E-state index in [-0.39, 0.29) is 0 Å². The Morgan fingerprint density at radius 2 is 1.62 bits per heavy atom. The lowest BCUT2D eigenvalue weighted by Crippen LogP contribution is -2.32. The van der Waals surface area contributed by atoms with E-state index < -0.39 is 7.12 Å². The highest BCUT2D eigenvalue weighted by molar-refractivity contribution is 6.58. The van der Waals surface area contributed by atoms with E-state index in [9.17, 15) is 10.0 Å². The molecule has 0 bridgehead atoms. The molecular formula is C20H24BNO2. The first-order chi connectivity index (χ1) is 11.7. The number of nitrogens with zero attached hydrogens (tertiary/aromatic N) is 1. The van der Waals surface area contributed by atoms with Crippen molar-refractivity contribution in [3.05, 3.63) is 59.1 Å². The molecular weight excluding hydrogens is 297 g/mol. The van der Waals surface area contributed by atoms with Crippen LogP contribution < -0.4 is 16.0 Å². The minimum atomic E-state index is -1.46. The van der Waals surface area contributed by atoms with Gasteiger partial charge < -0.3 is 14.6 Å². The zero-order valence-electron chi connectivity index (χ0n) is 14.7. The lowest BCUT2D eigenvalue weighted by Gasteiger charge is -2.08. The Morgan fingerprint density at radius 1 is 0.917 bits per heavy atom. The fourth-order valence-electron chi connectivity index (χ4n) is 2.98. The van der Waals surface area contributed by atoms with Crippen molar-refractivity contribution >= 4 is 35.6 Å². The summed E-state index contributed by atoms with van der Waals surface area (Å²) in [6, 6.07) is 15.6. The van der Waals surface area contributed by atoms with Gasteiger partial charge in [0.05, 0.1) is 5.52 Å². The smallest absolute Gasteiger partial charge is 0.423 e. The maximum Gasteiger partial charge on any atom is 0.488 e. The van der Waals surface area contributed by atoms with Crippen LogP contribution in [0.1, 0.15) is 27.7 Å². The normalized spacial score (nSPS) is 12.2. The molecule has 0 aliphatic carbocycles. The second-order valence-electron chi connectivity index (χ2n) is 5.20. The zero-order valence-corrected chi connectivity index (χ0v) is 14.7. The van der Waals surface area contributed by atoms with Crippen molar-refractivity contribution in [3.8, 4) is 5.69 Å². The fraction of sp³-hybridized carbons (Fsp3) is 0.200. The molecule has 0 aliphatic rings. The van der Waals surface area contributed by atoms with E-state index in [1.54, 1.807) is 6.07 Å². The van der Waals surface area contributed by atoms with Gasteiger partial charge in [-0.1, -0.05) is 56.3 Å². The molecule has 0 unspecified atom stereocenters. The van der Waals surface area contributed by atoms with Gasteiger partial charge in [0.25, 0.3) is 0 Å². The monoisotopic (exact) mass is 321 g/mol. The summed E-state index contributed by atoms with van der Waals surface area (Å²) in [6.07, 6.45) is 4.19. The van der Waals surface area contributed by atoms with Crippen molar-refractivity contribution in [2.45, 2.75) is 27.7 Å². The van der Waals surface area contributed by atoms with Crippen molar-refractivity contribution < 1.29 is 10.0 Å². The molecule has 3 aromatic rings. The van der Waals surface area contributed by atoms with Crippen LogP contribution in [0.5, 0.6) is 0 Å². The van der Waals surface area contributed by atoms with E-state index in [1.165, 1.54) is 10.6 Å². The van der Waals surface area contributed by atoms with Crippen molar-refractivity contribution in [1.29, 1.82) is 0 Å². The van der Waals surface area contributed by atoms with Crippen LogP contribution in [0.3, 0.4) is 0 Å². The maximum absolute atomic E-state index is 9.42. The lowest BCUT2D eigenvalue weighted by atomic mass is 9.80. The minimum Gasteiger partial charge on any atom is -0.423 e. The molecule has 0 atom stereocenters. The molecule has 3 nitrogen and oxygen atoms in total. The molecule has 0 aliphatic heterocycles. The molecule has 1 aromatic heterocycles. The third kappa shape index (κ3) is 3.16. The number of benzene rings is 2. The van der Waals surface area contributed by atoms with Gasteiger partial charge in [-0.05, 0) is 37.5 Å².